The molecule has 1 heterocycles. The molecular formula is C16H19N3O2. The summed E-state index contributed by atoms with van der Waals surface area (Å²) >= 11 is 0. The molecule has 5 heteroatoms. The van der Waals surface area contributed by atoms with Crippen LogP contribution in [0, 0.1) is 0 Å². The van der Waals surface area contributed by atoms with Crippen molar-refractivity contribution in [2.45, 2.75) is 25.4 Å². The number of nitrogens with zero attached hydrogens (tertiary/aromatic N) is 1. The lowest BCUT2D eigenvalue weighted by Gasteiger charge is -2.14. The zero-order chi connectivity index (χ0) is 15.1. The summed E-state index contributed by atoms with van der Waals surface area (Å²) in [6, 6.07) is 12.5. The van der Waals surface area contributed by atoms with E-state index < -0.39 is 12.0 Å². The van der Waals surface area contributed by atoms with Crippen molar-refractivity contribution in [1.82, 2.24) is 10.3 Å². The summed E-state index contributed by atoms with van der Waals surface area (Å²) in [6.45, 7) is 0.444. The molecule has 0 bridgehead atoms. The second kappa shape index (κ2) is 7.40. The van der Waals surface area contributed by atoms with Crippen LogP contribution in [0.25, 0.3) is 0 Å². The third kappa shape index (κ3) is 4.89. The van der Waals surface area contributed by atoms with Gasteiger partial charge in [-0.1, -0.05) is 18.2 Å². The molecule has 0 fully saturated rings. The van der Waals surface area contributed by atoms with Crippen LogP contribution < -0.4 is 11.1 Å². The SMILES string of the molecule is Nc1ccc(CCC(NCc2ccccn2)C(=O)O)cc1. The summed E-state index contributed by atoms with van der Waals surface area (Å²) in [5, 5.41) is 12.3. The standard InChI is InChI=1S/C16H19N3O2/c17-13-7-4-12(5-8-13)6-9-15(16(20)21)19-11-14-3-1-2-10-18-14/h1-5,7-8,10,15,19H,6,9,11,17H2,(H,20,21). The maximum absolute atomic E-state index is 11.3. The van der Waals surface area contributed by atoms with Crippen LogP contribution in [0.3, 0.4) is 0 Å². The molecule has 0 aliphatic heterocycles. The van der Waals surface area contributed by atoms with Gasteiger partial charge in [-0.3, -0.25) is 15.1 Å². The van der Waals surface area contributed by atoms with E-state index in [0.717, 1.165) is 11.3 Å². The first-order valence-corrected chi connectivity index (χ1v) is 6.85. The van der Waals surface area contributed by atoms with Crippen molar-refractivity contribution in [3.8, 4) is 0 Å². The number of nitrogens with one attached hydrogen (secondary N) is 1. The Morgan fingerprint density at radius 3 is 2.62 bits per heavy atom. The van der Waals surface area contributed by atoms with Crippen molar-refractivity contribution in [3.05, 3.63) is 59.9 Å². The van der Waals surface area contributed by atoms with E-state index in [0.29, 0.717) is 25.1 Å². The molecule has 0 aliphatic rings. The van der Waals surface area contributed by atoms with Crippen molar-refractivity contribution in [3.63, 3.8) is 0 Å². The molecule has 110 valence electrons. The Morgan fingerprint density at radius 2 is 2.00 bits per heavy atom. The summed E-state index contributed by atoms with van der Waals surface area (Å²) in [4.78, 5) is 15.5. The maximum atomic E-state index is 11.3. The van der Waals surface area contributed by atoms with E-state index in [1.807, 2.05) is 42.5 Å². The van der Waals surface area contributed by atoms with Gasteiger partial charge in [-0.25, -0.2) is 0 Å². The van der Waals surface area contributed by atoms with E-state index in [9.17, 15) is 9.90 Å². The smallest absolute Gasteiger partial charge is 0.320 e. The van der Waals surface area contributed by atoms with Crippen LogP contribution in [0.15, 0.2) is 48.7 Å². The number of pyridine rings is 1. The second-order valence-corrected chi connectivity index (χ2v) is 4.87. The van der Waals surface area contributed by atoms with Crippen LogP contribution in [0.4, 0.5) is 5.69 Å². The molecule has 0 saturated heterocycles. The second-order valence-electron chi connectivity index (χ2n) is 4.87. The summed E-state index contributed by atoms with van der Waals surface area (Å²) < 4.78 is 0. The minimum absolute atomic E-state index is 0.444. The quantitative estimate of drug-likeness (QED) is 0.676. The molecule has 2 rings (SSSR count). The largest absolute Gasteiger partial charge is 0.480 e. The fraction of sp³-hybridized carbons (Fsp3) is 0.250. The number of carbonyl (C=O) groups is 1. The molecule has 0 amide bonds. The van der Waals surface area contributed by atoms with E-state index in [1.165, 1.54) is 0 Å². The molecular weight excluding hydrogens is 266 g/mol. The highest BCUT2D eigenvalue weighted by molar-refractivity contribution is 5.73. The van der Waals surface area contributed by atoms with E-state index >= 15 is 0 Å². The number of aliphatic carboxylic acids is 1. The molecule has 0 saturated carbocycles. The van der Waals surface area contributed by atoms with Gasteiger partial charge >= 0.3 is 5.97 Å². The number of anilines is 1. The van der Waals surface area contributed by atoms with Gasteiger partial charge in [-0.05, 0) is 42.7 Å². The number of aryl methyl sites for hydroxylation is 1. The Kier molecular flexibility index (Phi) is 5.29. The first-order chi connectivity index (χ1) is 10.1. The van der Waals surface area contributed by atoms with Crippen molar-refractivity contribution >= 4 is 11.7 Å². The average Bonchev–Trinajstić information content (AvgIpc) is 2.49. The molecule has 0 aliphatic carbocycles. The normalized spacial score (nSPS) is 12.0. The third-order valence-electron chi connectivity index (χ3n) is 3.26. The lowest BCUT2D eigenvalue weighted by Crippen LogP contribution is -2.36. The Balaban J connectivity index is 1.87. The van der Waals surface area contributed by atoms with E-state index in [-0.39, 0.29) is 0 Å². The number of hydrogen-bond donors (Lipinski definition) is 3. The Labute approximate surface area is 123 Å². The number of rotatable bonds is 7. The first-order valence-electron chi connectivity index (χ1n) is 6.85. The van der Waals surface area contributed by atoms with Gasteiger partial charge in [-0.15, -0.1) is 0 Å². The minimum Gasteiger partial charge on any atom is -0.480 e. The summed E-state index contributed by atoms with van der Waals surface area (Å²) in [7, 11) is 0. The topological polar surface area (TPSA) is 88.2 Å². The number of nitrogen functional groups attached to an aromatic ring is 1. The van der Waals surface area contributed by atoms with Crippen molar-refractivity contribution in [1.29, 1.82) is 0 Å². The molecule has 1 aromatic carbocycles. The molecule has 1 atom stereocenters. The summed E-state index contributed by atoms with van der Waals surface area (Å²) in [5.74, 6) is -0.846. The zero-order valence-corrected chi connectivity index (χ0v) is 11.7. The van der Waals surface area contributed by atoms with Crippen LogP contribution in [0.5, 0.6) is 0 Å². The van der Waals surface area contributed by atoms with Crippen LogP contribution in [0.2, 0.25) is 0 Å². The number of aromatic nitrogens is 1. The van der Waals surface area contributed by atoms with Gasteiger partial charge in [0.15, 0.2) is 0 Å². The maximum Gasteiger partial charge on any atom is 0.320 e. The van der Waals surface area contributed by atoms with Gasteiger partial charge in [-0.2, -0.15) is 0 Å². The lowest BCUT2D eigenvalue weighted by atomic mass is 10.0. The molecule has 2 aromatic rings. The molecule has 1 aromatic heterocycles. The number of nitrogens with two attached hydrogens (primary N) is 1. The van der Waals surface area contributed by atoms with Crippen LogP contribution >= 0.6 is 0 Å². The highest BCUT2D eigenvalue weighted by Gasteiger charge is 2.16. The van der Waals surface area contributed by atoms with Crippen LogP contribution in [-0.4, -0.2) is 22.1 Å². The van der Waals surface area contributed by atoms with Gasteiger partial charge in [0.25, 0.3) is 0 Å². The average molecular weight is 285 g/mol. The zero-order valence-electron chi connectivity index (χ0n) is 11.7. The van der Waals surface area contributed by atoms with Crippen molar-refractivity contribution in [2.24, 2.45) is 0 Å². The predicted octanol–water partition coefficient (Wildman–Crippen LogP) is 1.84. The summed E-state index contributed by atoms with van der Waals surface area (Å²) in [5.41, 5.74) is 8.25. The van der Waals surface area contributed by atoms with Gasteiger partial charge in [0.05, 0.1) is 5.69 Å². The molecule has 5 nitrogen and oxygen atoms in total. The first kappa shape index (κ1) is 15.0. The highest BCUT2D eigenvalue weighted by Crippen LogP contribution is 2.09. The van der Waals surface area contributed by atoms with Gasteiger partial charge in [0.2, 0.25) is 0 Å². The fourth-order valence-electron chi connectivity index (χ4n) is 2.04. The van der Waals surface area contributed by atoms with E-state index in [1.54, 1.807) is 6.20 Å². The highest BCUT2D eigenvalue weighted by atomic mass is 16.4. The van der Waals surface area contributed by atoms with Crippen molar-refractivity contribution in [2.75, 3.05) is 5.73 Å². The fourth-order valence-corrected chi connectivity index (χ4v) is 2.04. The molecule has 1 unspecified atom stereocenters. The third-order valence-corrected chi connectivity index (χ3v) is 3.26. The molecule has 21 heavy (non-hydrogen) atoms. The number of hydrogen-bond acceptors (Lipinski definition) is 4. The predicted molar refractivity (Wildman–Crippen MR) is 81.7 cm³/mol. The van der Waals surface area contributed by atoms with Gasteiger partial charge < -0.3 is 10.8 Å². The number of benzene rings is 1. The molecule has 0 radical (unpaired) electrons. The number of carboxylic acids is 1. The van der Waals surface area contributed by atoms with E-state index in [4.69, 9.17) is 5.73 Å². The number of carboxylic acid groups (broad SMARTS) is 1. The van der Waals surface area contributed by atoms with Gasteiger partial charge in [0.1, 0.15) is 6.04 Å². The Morgan fingerprint density at radius 1 is 1.24 bits per heavy atom. The summed E-state index contributed by atoms with van der Waals surface area (Å²) in [6.07, 6.45) is 2.90. The lowest BCUT2D eigenvalue weighted by molar-refractivity contribution is -0.139. The molecule has 4 N–H and O–H groups in total. The van der Waals surface area contributed by atoms with Crippen molar-refractivity contribution < 1.29 is 9.90 Å². The molecule has 0 spiro atoms. The Bertz CT molecular complexity index is 570. The monoisotopic (exact) mass is 285 g/mol. The minimum atomic E-state index is -0.846. The van der Waals surface area contributed by atoms with Crippen LogP contribution in [-0.2, 0) is 17.8 Å². The Hall–Kier alpha value is -2.40. The van der Waals surface area contributed by atoms with Gasteiger partial charge in [0, 0.05) is 18.4 Å². The van der Waals surface area contributed by atoms with Crippen LogP contribution in [0.1, 0.15) is 17.7 Å². The van der Waals surface area contributed by atoms with E-state index in [2.05, 4.69) is 10.3 Å².